The molecule has 1 fully saturated rings. The second-order valence-electron chi connectivity index (χ2n) is 3.69. The number of hydrogen-bond donors (Lipinski definition) is 0. The van der Waals surface area contributed by atoms with E-state index in [0.717, 1.165) is 11.3 Å². The molecule has 0 spiro atoms. The maximum atomic E-state index is 12.0. The Morgan fingerprint density at radius 1 is 1.44 bits per heavy atom. The van der Waals surface area contributed by atoms with Crippen molar-refractivity contribution in [2.75, 3.05) is 26.2 Å². The zero-order valence-corrected chi connectivity index (χ0v) is 9.87. The lowest BCUT2D eigenvalue weighted by Crippen LogP contribution is -2.48. The molecule has 0 radical (unpaired) electrons. The van der Waals surface area contributed by atoms with Gasteiger partial charge in [-0.05, 0) is 6.92 Å². The van der Waals surface area contributed by atoms with Crippen molar-refractivity contribution in [2.45, 2.75) is 6.92 Å². The molecule has 5 nitrogen and oxygen atoms in total. The van der Waals surface area contributed by atoms with Crippen LogP contribution in [0.5, 0.6) is 0 Å². The number of carbonyl (C=O) groups is 2. The second kappa shape index (κ2) is 4.61. The third-order valence-electron chi connectivity index (χ3n) is 2.70. The Labute approximate surface area is 97.7 Å². The minimum absolute atomic E-state index is 0.0238. The van der Waals surface area contributed by atoms with Crippen LogP contribution in [0, 0.1) is 6.92 Å². The second-order valence-corrected chi connectivity index (χ2v) is 4.75. The lowest BCUT2D eigenvalue weighted by atomic mass is 10.2. The Kier molecular flexibility index (Phi) is 3.19. The summed E-state index contributed by atoms with van der Waals surface area (Å²) in [5.41, 5.74) is 2.23. The van der Waals surface area contributed by atoms with Crippen molar-refractivity contribution in [3.63, 3.8) is 0 Å². The van der Waals surface area contributed by atoms with Crippen LogP contribution in [0.15, 0.2) is 5.51 Å². The Morgan fingerprint density at radius 2 is 2.12 bits per heavy atom. The fourth-order valence-corrected chi connectivity index (χ4v) is 2.26. The molecular weight excluding hydrogens is 226 g/mol. The summed E-state index contributed by atoms with van der Waals surface area (Å²) in [6.45, 7) is 4.30. The van der Waals surface area contributed by atoms with Crippen molar-refractivity contribution in [1.82, 2.24) is 14.8 Å². The molecule has 0 aliphatic carbocycles. The summed E-state index contributed by atoms with van der Waals surface area (Å²) in [6.07, 6.45) is 0.829. The minimum atomic E-state index is -0.0238. The molecule has 1 saturated heterocycles. The first kappa shape index (κ1) is 11.1. The van der Waals surface area contributed by atoms with Crippen LogP contribution in [-0.4, -0.2) is 53.3 Å². The van der Waals surface area contributed by atoms with Crippen molar-refractivity contribution in [1.29, 1.82) is 0 Å². The highest BCUT2D eigenvalue weighted by atomic mass is 32.1. The van der Waals surface area contributed by atoms with Crippen LogP contribution >= 0.6 is 11.3 Å². The van der Waals surface area contributed by atoms with Crippen molar-refractivity contribution >= 4 is 23.7 Å². The summed E-state index contributed by atoms with van der Waals surface area (Å²) in [5.74, 6) is -0.0238. The van der Waals surface area contributed by atoms with Gasteiger partial charge in [0, 0.05) is 31.1 Å². The van der Waals surface area contributed by atoms with Gasteiger partial charge in [0.1, 0.15) is 5.69 Å². The maximum absolute atomic E-state index is 12.0. The average molecular weight is 239 g/mol. The molecule has 0 aromatic carbocycles. The average Bonchev–Trinajstić information content (AvgIpc) is 2.75. The quantitative estimate of drug-likeness (QED) is 0.700. The van der Waals surface area contributed by atoms with E-state index in [1.54, 1.807) is 15.3 Å². The van der Waals surface area contributed by atoms with E-state index in [2.05, 4.69) is 4.98 Å². The van der Waals surface area contributed by atoms with Crippen LogP contribution in [0.3, 0.4) is 0 Å². The molecule has 86 valence electrons. The molecule has 0 N–H and O–H groups in total. The van der Waals surface area contributed by atoms with Crippen LogP contribution in [0.4, 0.5) is 0 Å². The van der Waals surface area contributed by atoms with E-state index < -0.39 is 0 Å². The third kappa shape index (κ3) is 2.06. The smallest absolute Gasteiger partial charge is 0.273 e. The summed E-state index contributed by atoms with van der Waals surface area (Å²) in [6, 6.07) is 0. The number of amides is 2. The highest BCUT2D eigenvalue weighted by Crippen LogP contribution is 2.14. The molecule has 1 aromatic rings. The number of rotatable bonds is 2. The van der Waals surface area contributed by atoms with Gasteiger partial charge in [0.2, 0.25) is 6.41 Å². The molecular formula is C10H13N3O2S. The predicted molar refractivity (Wildman–Crippen MR) is 60.4 cm³/mol. The first-order valence-electron chi connectivity index (χ1n) is 5.11. The first-order valence-corrected chi connectivity index (χ1v) is 5.99. The number of aromatic nitrogens is 1. The van der Waals surface area contributed by atoms with Gasteiger partial charge in [0.05, 0.1) is 5.51 Å². The van der Waals surface area contributed by atoms with Gasteiger partial charge in [-0.3, -0.25) is 9.59 Å². The van der Waals surface area contributed by atoms with E-state index in [-0.39, 0.29) is 5.91 Å². The molecule has 1 aliphatic rings. The summed E-state index contributed by atoms with van der Waals surface area (Å²) in [7, 11) is 0. The number of piperazine rings is 1. The van der Waals surface area contributed by atoms with Gasteiger partial charge in [0.25, 0.3) is 5.91 Å². The topological polar surface area (TPSA) is 53.5 Å². The van der Waals surface area contributed by atoms with E-state index in [0.29, 0.717) is 31.9 Å². The van der Waals surface area contributed by atoms with E-state index in [1.165, 1.54) is 11.3 Å². The summed E-state index contributed by atoms with van der Waals surface area (Å²) >= 11 is 1.48. The fraction of sp³-hybridized carbons (Fsp3) is 0.500. The standard InChI is InChI=1S/C10H13N3O2S/c1-8-9(11-6-16-8)10(15)13-4-2-12(7-14)3-5-13/h6-7H,2-5H2,1H3. The number of nitrogens with zero attached hydrogens (tertiary/aromatic N) is 3. The minimum Gasteiger partial charge on any atom is -0.342 e. The van der Waals surface area contributed by atoms with Gasteiger partial charge < -0.3 is 9.80 Å². The van der Waals surface area contributed by atoms with Crippen LogP contribution < -0.4 is 0 Å². The Hall–Kier alpha value is -1.43. The normalized spacial score (nSPS) is 16.3. The highest BCUT2D eigenvalue weighted by molar-refractivity contribution is 7.09. The Bertz CT molecular complexity index is 397. The highest BCUT2D eigenvalue weighted by Gasteiger charge is 2.23. The monoisotopic (exact) mass is 239 g/mol. The maximum Gasteiger partial charge on any atom is 0.273 e. The predicted octanol–water partition coefficient (Wildman–Crippen LogP) is 0.366. The van der Waals surface area contributed by atoms with Gasteiger partial charge >= 0.3 is 0 Å². The molecule has 6 heteroatoms. The van der Waals surface area contributed by atoms with Gasteiger partial charge in [-0.15, -0.1) is 11.3 Å². The summed E-state index contributed by atoms with van der Waals surface area (Å²) in [5, 5.41) is 0. The molecule has 0 bridgehead atoms. The lowest BCUT2D eigenvalue weighted by molar-refractivity contribution is -0.119. The van der Waals surface area contributed by atoms with Crippen molar-refractivity contribution in [2.24, 2.45) is 0 Å². The van der Waals surface area contributed by atoms with Crippen LogP contribution in [0.2, 0.25) is 0 Å². The van der Waals surface area contributed by atoms with Crippen molar-refractivity contribution in [3.8, 4) is 0 Å². The molecule has 0 saturated carbocycles. The zero-order chi connectivity index (χ0) is 11.5. The molecule has 2 heterocycles. The van der Waals surface area contributed by atoms with E-state index >= 15 is 0 Å². The molecule has 2 rings (SSSR count). The Balaban J connectivity index is 2.02. The van der Waals surface area contributed by atoms with Crippen molar-refractivity contribution in [3.05, 3.63) is 16.1 Å². The van der Waals surface area contributed by atoms with Gasteiger partial charge in [0.15, 0.2) is 0 Å². The van der Waals surface area contributed by atoms with Gasteiger partial charge in [-0.2, -0.15) is 0 Å². The number of hydrogen-bond acceptors (Lipinski definition) is 4. The zero-order valence-electron chi connectivity index (χ0n) is 9.05. The summed E-state index contributed by atoms with van der Waals surface area (Å²) < 4.78 is 0. The van der Waals surface area contributed by atoms with Crippen molar-refractivity contribution < 1.29 is 9.59 Å². The molecule has 1 aliphatic heterocycles. The SMILES string of the molecule is Cc1scnc1C(=O)N1CCN(C=O)CC1. The van der Waals surface area contributed by atoms with E-state index in [9.17, 15) is 9.59 Å². The molecule has 16 heavy (non-hydrogen) atoms. The molecule has 2 amide bonds. The number of aryl methyl sites for hydroxylation is 1. The van der Waals surface area contributed by atoms with E-state index in [4.69, 9.17) is 0 Å². The Morgan fingerprint density at radius 3 is 2.62 bits per heavy atom. The van der Waals surface area contributed by atoms with Crippen LogP contribution in [0.1, 0.15) is 15.4 Å². The fourth-order valence-electron chi connectivity index (χ4n) is 1.69. The largest absolute Gasteiger partial charge is 0.342 e. The van der Waals surface area contributed by atoms with Crippen LogP contribution in [0.25, 0.3) is 0 Å². The van der Waals surface area contributed by atoms with E-state index in [1.807, 2.05) is 6.92 Å². The lowest BCUT2D eigenvalue weighted by Gasteiger charge is -2.32. The molecule has 1 aromatic heterocycles. The molecule has 0 unspecified atom stereocenters. The number of carbonyl (C=O) groups excluding carboxylic acids is 2. The van der Waals surface area contributed by atoms with Gasteiger partial charge in [-0.25, -0.2) is 4.98 Å². The van der Waals surface area contributed by atoms with Gasteiger partial charge in [-0.1, -0.05) is 0 Å². The summed E-state index contributed by atoms with van der Waals surface area (Å²) in [4.78, 5) is 31.0. The number of thiazole rings is 1. The third-order valence-corrected chi connectivity index (χ3v) is 3.46. The molecule has 0 atom stereocenters. The first-order chi connectivity index (χ1) is 7.72. The van der Waals surface area contributed by atoms with Crippen LogP contribution in [-0.2, 0) is 4.79 Å².